The summed E-state index contributed by atoms with van der Waals surface area (Å²) in [5, 5.41) is 3.41. The first-order valence-electron chi connectivity index (χ1n) is 9.03. The first kappa shape index (κ1) is 18.7. The number of ketones is 1. The fourth-order valence-electron chi connectivity index (χ4n) is 3.08. The lowest BCUT2D eigenvalue weighted by molar-refractivity contribution is 0.0994. The monoisotopic (exact) mass is 403 g/mol. The van der Waals surface area contributed by atoms with E-state index < -0.39 is 0 Å². The van der Waals surface area contributed by atoms with E-state index in [1.54, 1.807) is 24.3 Å². The van der Waals surface area contributed by atoms with Gasteiger partial charge in [-0.25, -0.2) is 4.98 Å². The Hall–Kier alpha value is -2.62. The van der Waals surface area contributed by atoms with Gasteiger partial charge < -0.3 is 0 Å². The van der Waals surface area contributed by atoms with Crippen molar-refractivity contribution in [2.45, 2.75) is 17.2 Å². The first-order chi connectivity index (χ1) is 13.6. The van der Waals surface area contributed by atoms with Gasteiger partial charge in [0.15, 0.2) is 5.78 Å². The molecule has 0 aliphatic carbocycles. The predicted octanol–water partition coefficient (Wildman–Crippen LogP) is 6.92. The van der Waals surface area contributed by atoms with Gasteiger partial charge in [0.1, 0.15) is 5.03 Å². The molecule has 0 saturated heterocycles. The molecule has 0 fully saturated rings. The zero-order valence-corrected chi connectivity index (χ0v) is 16.9. The van der Waals surface area contributed by atoms with Gasteiger partial charge in [-0.2, -0.15) is 0 Å². The molecule has 138 valence electrons. The van der Waals surface area contributed by atoms with E-state index in [4.69, 9.17) is 16.6 Å². The summed E-state index contributed by atoms with van der Waals surface area (Å²) in [5.41, 5.74) is 2.63. The smallest absolute Gasteiger partial charge is 0.175 e. The summed E-state index contributed by atoms with van der Waals surface area (Å²) in [7, 11) is 0. The number of aromatic nitrogens is 1. The van der Waals surface area contributed by atoms with Crippen molar-refractivity contribution >= 4 is 39.9 Å². The maximum atomic E-state index is 12.9. The molecule has 1 atom stereocenters. The van der Waals surface area contributed by atoms with E-state index >= 15 is 0 Å². The van der Waals surface area contributed by atoms with Crippen molar-refractivity contribution in [2.24, 2.45) is 0 Å². The third-order valence-electron chi connectivity index (χ3n) is 4.56. The Kier molecular flexibility index (Phi) is 5.47. The van der Waals surface area contributed by atoms with Crippen LogP contribution in [-0.4, -0.2) is 16.0 Å². The molecule has 0 bridgehead atoms. The van der Waals surface area contributed by atoms with Crippen LogP contribution in [0.15, 0.2) is 90.0 Å². The topological polar surface area (TPSA) is 30.0 Å². The van der Waals surface area contributed by atoms with Crippen LogP contribution < -0.4 is 0 Å². The van der Waals surface area contributed by atoms with Gasteiger partial charge in [0.25, 0.3) is 0 Å². The van der Waals surface area contributed by atoms with Crippen molar-refractivity contribution in [1.82, 2.24) is 4.98 Å². The molecule has 1 heterocycles. The van der Waals surface area contributed by atoms with Crippen LogP contribution in [0, 0.1) is 0 Å². The molecule has 28 heavy (non-hydrogen) atoms. The Morgan fingerprint density at radius 2 is 1.61 bits per heavy atom. The van der Waals surface area contributed by atoms with Gasteiger partial charge >= 0.3 is 0 Å². The molecule has 0 aliphatic rings. The van der Waals surface area contributed by atoms with Crippen LogP contribution >= 0.6 is 23.4 Å². The normalized spacial score (nSPS) is 12.1. The van der Waals surface area contributed by atoms with Crippen molar-refractivity contribution < 1.29 is 4.79 Å². The molecular weight excluding hydrogens is 386 g/mol. The van der Waals surface area contributed by atoms with Gasteiger partial charge in [-0.1, -0.05) is 78.0 Å². The van der Waals surface area contributed by atoms with Gasteiger partial charge in [-0.3, -0.25) is 4.79 Å². The molecule has 3 aromatic carbocycles. The van der Waals surface area contributed by atoms with Crippen LogP contribution in [0.4, 0.5) is 0 Å². The molecule has 1 aromatic heterocycles. The Morgan fingerprint density at radius 3 is 2.36 bits per heavy atom. The summed E-state index contributed by atoms with van der Waals surface area (Å²) in [6.07, 6.45) is 0. The maximum absolute atomic E-state index is 12.9. The van der Waals surface area contributed by atoms with Crippen molar-refractivity contribution in [1.29, 1.82) is 0 Å². The first-order valence-corrected chi connectivity index (χ1v) is 10.3. The number of hydrogen-bond acceptors (Lipinski definition) is 3. The average Bonchev–Trinajstić information content (AvgIpc) is 2.74. The van der Waals surface area contributed by atoms with Crippen LogP contribution in [0.2, 0.25) is 5.02 Å². The molecule has 0 N–H and O–H groups in total. The van der Waals surface area contributed by atoms with Crippen molar-refractivity contribution in [3.8, 4) is 11.3 Å². The third kappa shape index (κ3) is 3.96. The Morgan fingerprint density at radius 1 is 0.929 bits per heavy atom. The number of hydrogen-bond donors (Lipinski definition) is 0. The van der Waals surface area contributed by atoms with E-state index in [1.165, 1.54) is 11.8 Å². The van der Waals surface area contributed by atoms with E-state index in [9.17, 15) is 4.79 Å². The number of nitrogens with zero attached hydrogens (tertiary/aromatic N) is 1. The van der Waals surface area contributed by atoms with Crippen LogP contribution in [0.1, 0.15) is 17.3 Å². The minimum atomic E-state index is -0.261. The molecule has 1 unspecified atom stereocenters. The second-order valence-electron chi connectivity index (χ2n) is 6.53. The number of benzene rings is 3. The van der Waals surface area contributed by atoms with Crippen molar-refractivity contribution in [2.75, 3.05) is 0 Å². The summed E-state index contributed by atoms with van der Waals surface area (Å²) < 4.78 is 0. The van der Waals surface area contributed by atoms with E-state index in [0.29, 0.717) is 10.6 Å². The zero-order chi connectivity index (χ0) is 19.5. The number of carbonyl (C=O) groups excluding carboxylic acids is 1. The lowest BCUT2D eigenvalue weighted by Gasteiger charge is -2.13. The highest BCUT2D eigenvalue weighted by Gasteiger charge is 2.19. The second kappa shape index (κ2) is 8.17. The molecule has 4 rings (SSSR count). The Bertz CT molecular complexity index is 1130. The number of pyridine rings is 1. The van der Waals surface area contributed by atoms with Gasteiger partial charge in [-0.15, -0.1) is 0 Å². The molecule has 4 aromatic rings. The molecular formula is C24H18ClNOS. The highest BCUT2D eigenvalue weighted by Crippen LogP contribution is 2.33. The Balaban J connectivity index is 1.71. The average molecular weight is 404 g/mol. The Labute approximate surface area is 173 Å². The zero-order valence-electron chi connectivity index (χ0n) is 15.3. The largest absolute Gasteiger partial charge is 0.293 e. The van der Waals surface area contributed by atoms with Crippen LogP contribution in [0.25, 0.3) is 22.0 Å². The van der Waals surface area contributed by atoms with Crippen LogP contribution in [0.3, 0.4) is 0 Å². The van der Waals surface area contributed by atoms with Crippen LogP contribution in [0.5, 0.6) is 0 Å². The van der Waals surface area contributed by atoms with E-state index in [1.807, 2.05) is 49.4 Å². The summed E-state index contributed by atoms with van der Waals surface area (Å²) in [6.45, 7) is 1.92. The second-order valence-corrected chi connectivity index (χ2v) is 8.30. The summed E-state index contributed by atoms with van der Waals surface area (Å²) in [4.78, 5) is 17.8. The number of carbonyl (C=O) groups is 1. The highest BCUT2D eigenvalue weighted by atomic mass is 35.5. The third-order valence-corrected chi connectivity index (χ3v) is 5.92. The van der Waals surface area contributed by atoms with Gasteiger partial charge in [0.05, 0.1) is 10.9 Å². The molecule has 0 aliphatic heterocycles. The van der Waals surface area contributed by atoms with Gasteiger partial charge in [0, 0.05) is 21.5 Å². The number of fused-ring (bicyclic) bond motifs is 1. The molecule has 2 nitrogen and oxygen atoms in total. The minimum absolute atomic E-state index is 0.0673. The molecule has 4 heteroatoms. The summed E-state index contributed by atoms with van der Waals surface area (Å²) in [5.74, 6) is 0.0673. The van der Waals surface area contributed by atoms with Crippen molar-refractivity contribution in [3.05, 3.63) is 95.5 Å². The lowest BCUT2D eigenvalue weighted by Crippen LogP contribution is -2.13. The maximum Gasteiger partial charge on any atom is 0.175 e. The highest BCUT2D eigenvalue weighted by molar-refractivity contribution is 8.00. The SMILES string of the molecule is CC(Sc1nc(-c2ccccc2)cc2ccccc12)C(=O)c1ccc(Cl)cc1. The molecule has 0 spiro atoms. The summed E-state index contributed by atoms with van der Waals surface area (Å²) in [6, 6.07) is 27.4. The van der Waals surface area contributed by atoms with E-state index in [-0.39, 0.29) is 11.0 Å². The fourth-order valence-corrected chi connectivity index (χ4v) is 4.25. The minimum Gasteiger partial charge on any atom is -0.293 e. The van der Waals surface area contributed by atoms with Crippen LogP contribution in [-0.2, 0) is 0 Å². The quantitative estimate of drug-likeness (QED) is 0.267. The lowest BCUT2D eigenvalue weighted by atomic mass is 10.1. The molecule has 0 radical (unpaired) electrons. The number of halogens is 1. The number of Topliss-reactive ketones (excluding diaryl/α,β-unsaturated/α-hetero) is 1. The summed E-state index contributed by atoms with van der Waals surface area (Å²) >= 11 is 7.44. The van der Waals surface area contributed by atoms with E-state index in [0.717, 1.165) is 27.1 Å². The predicted molar refractivity (Wildman–Crippen MR) is 118 cm³/mol. The fraction of sp³-hybridized carbons (Fsp3) is 0.0833. The van der Waals surface area contributed by atoms with Gasteiger partial charge in [0.2, 0.25) is 0 Å². The number of thioether (sulfide) groups is 1. The number of rotatable bonds is 5. The standard InChI is InChI=1S/C24H18ClNOS/c1-16(23(27)18-11-13-20(25)14-12-18)28-24-21-10-6-5-9-19(21)15-22(26-24)17-7-3-2-4-8-17/h2-16H,1H3. The van der Waals surface area contributed by atoms with E-state index in [2.05, 4.69) is 18.2 Å². The molecule has 0 saturated carbocycles. The van der Waals surface area contributed by atoms with Gasteiger partial charge in [-0.05, 0) is 42.6 Å². The molecule has 0 amide bonds. The van der Waals surface area contributed by atoms with Crippen molar-refractivity contribution in [3.63, 3.8) is 0 Å².